The van der Waals surface area contributed by atoms with Gasteiger partial charge in [0.05, 0.1) is 6.04 Å². The average Bonchev–Trinajstić information content (AvgIpc) is 2.83. The Morgan fingerprint density at radius 3 is 2.13 bits per heavy atom. The normalized spacial score (nSPS) is 18.8. The molecule has 3 aromatic rings. The fourth-order valence-electron chi connectivity index (χ4n) is 4.51. The molecule has 0 spiro atoms. The van der Waals surface area contributed by atoms with Gasteiger partial charge in [-0.15, -0.1) is 0 Å². The van der Waals surface area contributed by atoms with Crippen LogP contribution < -0.4 is 0 Å². The van der Waals surface area contributed by atoms with Gasteiger partial charge in [-0.2, -0.15) is 0 Å². The maximum absolute atomic E-state index is 13.3. The standard InChI is InChI=1S/C26H29NO3Si/c1-4-31(5-2,6-3)30-24-23(22-17-16-19-12-10-11-15-21(19)18-22)27(26(24)29)25(28)20-13-8-7-9-14-20/h7-18,23-24H,4-6H2,1-3H3/t23-,24+/m0/s1. The van der Waals surface area contributed by atoms with E-state index in [1.165, 1.54) is 4.90 Å². The lowest BCUT2D eigenvalue weighted by atomic mass is 9.88. The van der Waals surface area contributed by atoms with Gasteiger partial charge in [0.15, 0.2) is 14.4 Å². The van der Waals surface area contributed by atoms with E-state index in [9.17, 15) is 9.59 Å². The summed E-state index contributed by atoms with van der Waals surface area (Å²) in [5.41, 5.74) is 1.46. The number of hydrogen-bond donors (Lipinski definition) is 0. The number of carbonyl (C=O) groups is 2. The van der Waals surface area contributed by atoms with E-state index in [-0.39, 0.29) is 11.8 Å². The summed E-state index contributed by atoms with van der Waals surface area (Å²) in [7, 11) is -2.02. The molecule has 0 bridgehead atoms. The highest BCUT2D eigenvalue weighted by Crippen LogP contribution is 2.42. The van der Waals surface area contributed by atoms with Crippen molar-refractivity contribution in [3.05, 3.63) is 83.9 Å². The minimum Gasteiger partial charge on any atom is -0.403 e. The first kappa shape index (κ1) is 21.5. The molecule has 160 valence electrons. The third kappa shape index (κ3) is 3.84. The van der Waals surface area contributed by atoms with Crippen LogP contribution in [0, 0.1) is 0 Å². The zero-order valence-electron chi connectivity index (χ0n) is 18.4. The quantitative estimate of drug-likeness (QED) is 0.264. The van der Waals surface area contributed by atoms with Crippen LogP contribution in [0.15, 0.2) is 72.8 Å². The summed E-state index contributed by atoms with van der Waals surface area (Å²) < 4.78 is 6.62. The number of nitrogens with zero attached hydrogens (tertiary/aromatic N) is 1. The van der Waals surface area contributed by atoms with Crippen molar-refractivity contribution in [3.8, 4) is 0 Å². The largest absolute Gasteiger partial charge is 0.403 e. The Morgan fingerprint density at radius 1 is 0.871 bits per heavy atom. The van der Waals surface area contributed by atoms with Crippen LogP contribution in [0.2, 0.25) is 18.1 Å². The predicted molar refractivity (Wildman–Crippen MR) is 126 cm³/mol. The van der Waals surface area contributed by atoms with E-state index in [2.05, 4.69) is 45.0 Å². The van der Waals surface area contributed by atoms with Crippen LogP contribution in [0.3, 0.4) is 0 Å². The van der Waals surface area contributed by atoms with Crippen molar-refractivity contribution in [3.63, 3.8) is 0 Å². The minimum atomic E-state index is -2.02. The molecule has 3 aromatic carbocycles. The Hall–Kier alpha value is -2.76. The van der Waals surface area contributed by atoms with Crippen LogP contribution in [0.25, 0.3) is 10.8 Å². The Kier molecular flexibility index (Phi) is 6.07. The van der Waals surface area contributed by atoms with Crippen molar-refractivity contribution in [1.82, 2.24) is 4.90 Å². The summed E-state index contributed by atoms with van der Waals surface area (Å²) in [5.74, 6) is -0.486. The van der Waals surface area contributed by atoms with Crippen molar-refractivity contribution < 1.29 is 14.0 Å². The summed E-state index contributed by atoms with van der Waals surface area (Å²) in [4.78, 5) is 27.9. The SMILES string of the molecule is CC[Si](CC)(CC)O[C@H]1C(=O)N(C(=O)c2ccccc2)[C@H]1c1ccc2ccccc2c1. The molecular formula is C26H29NO3Si. The fraction of sp³-hybridized carbons (Fsp3) is 0.308. The first-order chi connectivity index (χ1) is 15.0. The number of benzene rings is 3. The fourth-order valence-corrected chi connectivity index (χ4v) is 7.28. The summed E-state index contributed by atoms with van der Waals surface area (Å²) in [6, 6.07) is 25.8. The van der Waals surface area contributed by atoms with Crippen LogP contribution >= 0.6 is 0 Å². The number of fused-ring (bicyclic) bond motifs is 1. The zero-order valence-corrected chi connectivity index (χ0v) is 19.4. The number of likely N-dealkylation sites (tertiary alicyclic amines) is 1. The van der Waals surface area contributed by atoms with Crippen LogP contribution in [0.5, 0.6) is 0 Å². The third-order valence-electron chi connectivity index (χ3n) is 6.71. The molecule has 4 nitrogen and oxygen atoms in total. The van der Waals surface area contributed by atoms with Gasteiger partial charge >= 0.3 is 0 Å². The predicted octanol–water partition coefficient (Wildman–Crippen LogP) is 5.95. The van der Waals surface area contributed by atoms with Crippen molar-refractivity contribution in [1.29, 1.82) is 0 Å². The lowest BCUT2D eigenvalue weighted by Crippen LogP contribution is -2.64. The zero-order chi connectivity index (χ0) is 22.0. The number of β-lactam (4-membered cyclic amide) rings is 1. The highest BCUT2D eigenvalue weighted by molar-refractivity contribution is 6.73. The number of amides is 2. The van der Waals surface area contributed by atoms with Gasteiger partial charge in [-0.1, -0.05) is 75.4 Å². The van der Waals surface area contributed by atoms with Crippen molar-refractivity contribution in [2.24, 2.45) is 0 Å². The Morgan fingerprint density at radius 2 is 1.48 bits per heavy atom. The topological polar surface area (TPSA) is 46.6 Å². The summed E-state index contributed by atoms with van der Waals surface area (Å²) >= 11 is 0. The second-order valence-electron chi connectivity index (χ2n) is 8.21. The monoisotopic (exact) mass is 431 g/mol. The molecule has 1 fully saturated rings. The second-order valence-corrected chi connectivity index (χ2v) is 12.9. The molecule has 0 radical (unpaired) electrons. The highest BCUT2D eigenvalue weighted by Gasteiger charge is 2.54. The number of carbonyl (C=O) groups excluding carboxylic acids is 2. The molecule has 0 saturated carbocycles. The van der Waals surface area contributed by atoms with E-state index in [1.807, 2.05) is 36.4 Å². The minimum absolute atomic E-state index is 0.223. The molecule has 31 heavy (non-hydrogen) atoms. The Labute approximate surface area is 185 Å². The second kappa shape index (κ2) is 8.77. The van der Waals surface area contributed by atoms with E-state index in [4.69, 9.17) is 4.43 Å². The number of hydrogen-bond acceptors (Lipinski definition) is 3. The van der Waals surface area contributed by atoms with E-state index < -0.39 is 20.5 Å². The lowest BCUT2D eigenvalue weighted by molar-refractivity contribution is -0.158. The third-order valence-corrected chi connectivity index (χ3v) is 11.3. The van der Waals surface area contributed by atoms with Crippen LogP contribution in [-0.4, -0.2) is 31.1 Å². The van der Waals surface area contributed by atoms with Gasteiger partial charge in [0, 0.05) is 5.56 Å². The van der Waals surface area contributed by atoms with Gasteiger partial charge in [0.1, 0.15) is 0 Å². The number of rotatable bonds is 7. The van der Waals surface area contributed by atoms with Crippen LogP contribution in [0.1, 0.15) is 42.7 Å². The molecule has 0 aliphatic carbocycles. The molecule has 1 aliphatic rings. The molecule has 2 amide bonds. The molecule has 0 N–H and O–H groups in total. The van der Waals surface area contributed by atoms with Crippen LogP contribution in [0.4, 0.5) is 0 Å². The smallest absolute Gasteiger partial charge is 0.261 e. The van der Waals surface area contributed by atoms with Crippen molar-refractivity contribution in [2.45, 2.75) is 51.0 Å². The molecule has 2 atom stereocenters. The van der Waals surface area contributed by atoms with E-state index in [1.54, 1.807) is 12.1 Å². The molecule has 5 heteroatoms. The molecule has 1 heterocycles. The van der Waals surface area contributed by atoms with Gasteiger partial charge in [-0.05, 0) is 52.7 Å². The van der Waals surface area contributed by atoms with Crippen molar-refractivity contribution >= 4 is 30.9 Å². The van der Waals surface area contributed by atoms with Crippen molar-refractivity contribution in [2.75, 3.05) is 0 Å². The van der Waals surface area contributed by atoms with Gasteiger partial charge < -0.3 is 4.43 Å². The average molecular weight is 432 g/mol. The Bertz CT molecular complexity index is 1090. The first-order valence-electron chi connectivity index (χ1n) is 11.1. The molecule has 1 aliphatic heterocycles. The summed E-state index contributed by atoms with van der Waals surface area (Å²) in [6.45, 7) is 6.46. The molecule has 0 aromatic heterocycles. The van der Waals surface area contributed by atoms with Crippen LogP contribution in [-0.2, 0) is 9.22 Å². The molecule has 1 saturated heterocycles. The molecule has 4 rings (SSSR count). The van der Waals surface area contributed by atoms with E-state index >= 15 is 0 Å². The maximum atomic E-state index is 13.3. The first-order valence-corrected chi connectivity index (χ1v) is 13.7. The van der Waals surface area contributed by atoms with Gasteiger partial charge in [-0.3, -0.25) is 14.5 Å². The van der Waals surface area contributed by atoms with E-state index in [0.29, 0.717) is 5.56 Å². The summed E-state index contributed by atoms with van der Waals surface area (Å²) in [5, 5.41) is 2.23. The summed E-state index contributed by atoms with van der Waals surface area (Å²) in [6.07, 6.45) is -0.597. The van der Waals surface area contributed by atoms with Gasteiger partial charge in [-0.25, -0.2) is 0 Å². The van der Waals surface area contributed by atoms with E-state index in [0.717, 1.165) is 34.5 Å². The lowest BCUT2D eigenvalue weighted by Gasteiger charge is -2.48. The van der Waals surface area contributed by atoms with Gasteiger partial charge in [0.2, 0.25) is 0 Å². The number of imide groups is 1. The Balaban J connectivity index is 1.74. The molecular weight excluding hydrogens is 402 g/mol. The maximum Gasteiger partial charge on any atom is 0.261 e. The van der Waals surface area contributed by atoms with Gasteiger partial charge in [0.25, 0.3) is 11.8 Å². The molecule has 0 unspecified atom stereocenters. The highest BCUT2D eigenvalue weighted by atomic mass is 28.4.